The zero-order chi connectivity index (χ0) is 17.0. The summed E-state index contributed by atoms with van der Waals surface area (Å²) in [4.78, 5) is 22.5. The highest BCUT2D eigenvalue weighted by Crippen LogP contribution is 2.14. The Labute approximate surface area is 135 Å². The Balaban J connectivity index is 0.00000211. The number of rotatable bonds is 8. The van der Waals surface area contributed by atoms with Gasteiger partial charge < -0.3 is 10.1 Å². The van der Waals surface area contributed by atoms with Crippen LogP contribution in [0.4, 0.5) is 5.69 Å². The summed E-state index contributed by atoms with van der Waals surface area (Å²) in [5.74, 6) is 0.303. The second-order valence-electron chi connectivity index (χ2n) is 5.61. The van der Waals surface area contributed by atoms with Crippen molar-refractivity contribution in [2.45, 2.75) is 66.7 Å². The van der Waals surface area contributed by atoms with Gasteiger partial charge in [0.25, 0.3) is 0 Å². The maximum Gasteiger partial charge on any atom is 0.226 e. The fourth-order valence-corrected chi connectivity index (χ4v) is 1.97. The van der Waals surface area contributed by atoms with Crippen molar-refractivity contribution < 1.29 is 9.59 Å². The van der Waals surface area contributed by atoms with Gasteiger partial charge in [0.15, 0.2) is 0 Å². The molecule has 0 saturated heterocycles. The molecule has 1 rings (SSSR count). The maximum atomic E-state index is 11.6. The van der Waals surface area contributed by atoms with Crippen molar-refractivity contribution in [2.24, 2.45) is 5.92 Å². The Morgan fingerprint density at radius 3 is 2.36 bits per heavy atom. The molecule has 124 valence electrons. The Kier molecular flexibility index (Phi) is 11.1. The fourth-order valence-electron chi connectivity index (χ4n) is 1.97. The first kappa shape index (κ1) is 20.4. The number of carbonyl (C=O) groups excluding carboxylic acids is 2. The Morgan fingerprint density at radius 1 is 1.09 bits per heavy atom. The Bertz CT molecular complexity index is 453. The third kappa shape index (κ3) is 9.32. The molecule has 0 radical (unpaired) electrons. The van der Waals surface area contributed by atoms with Gasteiger partial charge in [-0.3, -0.25) is 4.79 Å². The Hall–Kier alpha value is -1.64. The number of hydrogen-bond donors (Lipinski definition) is 1. The molecule has 3 heteroatoms. The van der Waals surface area contributed by atoms with Crippen molar-refractivity contribution in [1.82, 2.24) is 0 Å². The molecule has 0 saturated carbocycles. The summed E-state index contributed by atoms with van der Waals surface area (Å²) in [6, 6.07) is 8.00. The highest BCUT2D eigenvalue weighted by atomic mass is 16.1. The van der Waals surface area contributed by atoms with Crippen molar-refractivity contribution in [3.63, 3.8) is 0 Å². The SMILES string of the molecule is CC.CC(=O)CCCCCc1cccc(NC(=O)C(C)C)c1. The van der Waals surface area contributed by atoms with Gasteiger partial charge in [-0.05, 0) is 43.9 Å². The zero-order valence-corrected chi connectivity index (χ0v) is 14.7. The van der Waals surface area contributed by atoms with Gasteiger partial charge in [-0.1, -0.05) is 46.2 Å². The third-order valence-corrected chi connectivity index (χ3v) is 3.21. The van der Waals surface area contributed by atoms with Crippen molar-refractivity contribution in [3.8, 4) is 0 Å². The van der Waals surface area contributed by atoms with E-state index < -0.39 is 0 Å². The summed E-state index contributed by atoms with van der Waals surface area (Å²) in [7, 11) is 0. The normalized spacial score (nSPS) is 9.91. The van der Waals surface area contributed by atoms with E-state index in [1.807, 2.05) is 45.9 Å². The van der Waals surface area contributed by atoms with E-state index in [0.717, 1.165) is 31.4 Å². The molecule has 0 fully saturated rings. The van der Waals surface area contributed by atoms with Crippen molar-refractivity contribution in [3.05, 3.63) is 29.8 Å². The monoisotopic (exact) mass is 305 g/mol. The minimum Gasteiger partial charge on any atom is -0.326 e. The van der Waals surface area contributed by atoms with Crippen LogP contribution in [0.1, 0.15) is 65.9 Å². The smallest absolute Gasteiger partial charge is 0.226 e. The molecular formula is C19H31NO2. The summed E-state index contributed by atoms with van der Waals surface area (Å²) < 4.78 is 0. The predicted molar refractivity (Wildman–Crippen MR) is 94.1 cm³/mol. The van der Waals surface area contributed by atoms with Crippen molar-refractivity contribution >= 4 is 17.4 Å². The van der Waals surface area contributed by atoms with Gasteiger partial charge in [-0.2, -0.15) is 0 Å². The van der Waals surface area contributed by atoms with Crippen LogP contribution >= 0.6 is 0 Å². The first-order chi connectivity index (χ1) is 10.5. The lowest BCUT2D eigenvalue weighted by Gasteiger charge is -2.09. The minimum absolute atomic E-state index is 0.00904. The van der Waals surface area contributed by atoms with E-state index in [1.165, 1.54) is 5.56 Å². The van der Waals surface area contributed by atoms with Gasteiger partial charge in [0.1, 0.15) is 5.78 Å². The average Bonchev–Trinajstić information content (AvgIpc) is 2.49. The lowest BCUT2D eigenvalue weighted by molar-refractivity contribution is -0.119. The molecule has 1 amide bonds. The molecular weight excluding hydrogens is 274 g/mol. The van der Waals surface area contributed by atoms with Gasteiger partial charge >= 0.3 is 0 Å². The number of nitrogens with one attached hydrogen (secondary N) is 1. The van der Waals surface area contributed by atoms with Crippen molar-refractivity contribution in [2.75, 3.05) is 5.32 Å². The highest BCUT2D eigenvalue weighted by Gasteiger charge is 2.07. The molecule has 1 N–H and O–H groups in total. The summed E-state index contributed by atoms with van der Waals surface area (Å²) in [5.41, 5.74) is 2.10. The summed E-state index contributed by atoms with van der Waals surface area (Å²) in [6.45, 7) is 9.41. The number of ketones is 1. The fraction of sp³-hybridized carbons (Fsp3) is 0.579. The minimum atomic E-state index is -0.00904. The van der Waals surface area contributed by atoms with E-state index in [4.69, 9.17) is 0 Å². The molecule has 3 nitrogen and oxygen atoms in total. The van der Waals surface area contributed by atoms with E-state index in [0.29, 0.717) is 6.42 Å². The second kappa shape index (κ2) is 12.0. The molecule has 1 aromatic carbocycles. The number of aryl methyl sites for hydroxylation is 1. The van der Waals surface area contributed by atoms with E-state index >= 15 is 0 Å². The van der Waals surface area contributed by atoms with Crippen LogP contribution in [-0.4, -0.2) is 11.7 Å². The zero-order valence-electron chi connectivity index (χ0n) is 14.7. The topological polar surface area (TPSA) is 46.2 Å². The van der Waals surface area contributed by atoms with Crippen molar-refractivity contribution in [1.29, 1.82) is 0 Å². The summed E-state index contributed by atoms with van der Waals surface area (Å²) in [6.07, 6.45) is 4.80. The van der Waals surface area contributed by atoms with Crippen LogP contribution in [-0.2, 0) is 16.0 Å². The molecule has 0 aliphatic heterocycles. The molecule has 0 aromatic heterocycles. The van der Waals surface area contributed by atoms with Crippen LogP contribution in [0.5, 0.6) is 0 Å². The van der Waals surface area contributed by atoms with E-state index in [1.54, 1.807) is 6.92 Å². The predicted octanol–water partition coefficient (Wildman–Crippen LogP) is 5.00. The van der Waals surface area contributed by atoms with Gasteiger partial charge in [-0.25, -0.2) is 0 Å². The average molecular weight is 305 g/mol. The number of amides is 1. The number of unbranched alkanes of at least 4 members (excludes halogenated alkanes) is 2. The molecule has 0 heterocycles. The summed E-state index contributed by atoms with van der Waals surface area (Å²) >= 11 is 0. The quantitative estimate of drug-likeness (QED) is 0.687. The third-order valence-electron chi connectivity index (χ3n) is 3.21. The lowest BCUT2D eigenvalue weighted by Crippen LogP contribution is -2.17. The van der Waals surface area contributed by atoms with Crippen LogP contribution in [0.3, 0.4) is 0 Å². The Morgan fingerprint density at radius 2 is 1.77 bits per heavy atom. The molecule has 22 heavy (non-hydrogen) atoms. The number of Topliss-reactive ketones (excluding diaryl/α,β-unsaturated/α-hetero) is 1. The number of anilines is 1. The van der Waals surface area contributed by atoms with Crippen LogP contribution in [0.15, 0.2) is 24.3 Å². The van der Waals surface area contributed by atoms with E-state index in [-0.39, 0.29) is 17.6 Å². The first-order valence-electron chi connectivity index (χ1n) is 8.38. The molecule has 0 aliphatic carbocycles. The van der Waals surface area contributed by atoms with Crippen LogP contribution in [0.25, 0.3) is 0 Å². The second-order valence-corrected chi connectivity index (χ2v) is 5.61. The van der Waals surface area contributed by atoms with Crippen LogP contribution in [0.2, 0.25) is 0 Å². The molecule has 0 bridgehead atoms. The molecule has 0 spiro atoms. The van der Waals surface area contributed by atoms with Gasteiger partial charge in [0.2, 0.25) is 5.91 Å². The van der Waals surface area contributed by atoms with E-state index in [2.05, 4.69) is 11.4 Å². The molecule has 1 aromatic rings. The van der Waals surface area contributed by atoms with Crippen LogP contribution in [0, 0.1) is 5.92 Å². The largest absolute Gasteiger partial charge is 0.326 e. The lowest BCUT2D eigenvalue weighted by atomic mass is 10.0. The van der Waals surface area contributed by atoms with E-state index in [9.17, 15) is 9.59 Å². The van der Waals surface area contributed by atoms with Gasteiger partial charge in [-0.15, -0.1) is 0 Å². The van der Waals surface area contributed by atoms with Gasteiger partial charge in [0, 0.05) is 18.0 Å². The number of benzene rings is 1. The molecule has 0 atom stereocenters. The summed E-state index contributed by atoms with van der Waals surface area (Å²) in [5, 5.41) is 2.91. The van der Waals surface area contributed by atoms with Crippen LogP contribution < -0.4 is 5.32 Å². The highest BCUT2D eigenvalue weighted by molar-refractivity contribution is 5.92. The standard InChI is InChI=1S/C17H25NO2.C2H6/c1-13(2)17(20)18-16-11-7-10-15(12-16)9-6-4-5-8-14(3)19;1-2/h7,10-13H,4-6,8-9H2,1-3H3,(H,18,20);1-2H3. The number of hydrogen-bond acceptors (Lipinski definition) is 2. The first-order valence-corrected chi connectivity index (χ1v) is 8.38. The molecule has 0 aliphatic rings. The molecule has 0 unspecified atom stereocenters. The number of carbonyl (C=O) groups is 2. The maximum absolute atomic E-state index is 11.6. The van der Waals surface area contributed by atoms with Gasteiger partial charge in [0.05, 0.1) is 0 Å².